The molecular weight excluding hydrogens is 282 g/mol. The summed E-state index contributed by atoms with van der Waals surface area (Å²) in [4.78, 5) is 10.1. The van der Waals surface area contributed by atoms with E-state index in [2.05, 4.69) is 5.32 Å². The SMILES string of the molecule is O=[N+]([O-])c1cc(F)ccc1NCC(O)c1ccccc1F. The van der Waals surface area contributed by atoms with Crippen LogP contribution in [0.25, 0.3) is 0 Å². The molecule has 0 saturated carbocycles. The van der Waals surface area contributed by atoms with E-state index in [1.807, 2.05) is 0 Å². The van der Waals surface area contributed by atoms with Crippen LogP contribution in [0.4, 0.5) is 20.2 Å². The van der Waals surface area contributed by atoms with E-state index in [0.29, 0.717) is 0 Å². The predicted molar refractivity (Wildman–Crippen MR) is 72.9 cm³/mol. The first-order valence-electron chi connectivity index (χ1n) is 6.09. The summed E-state index contributed by atoms with van der Waals surface area (Å²) >= 11 is 0. The summed E-state index contributed by atoms with van der Waals surface area (Å²) in [6.07, 6.45) is -1.18. The van der Waals surface area contributed by atoms with Crippen molar-refractivity contribution in [3.05, 3.63) is 69.8 Å². The quantitative estimate of drug-likeness (QED) is 0.656. The molecule has 5 nitrogen and oxygen atoms in total. The van der Waals surface area contributed by atoms with Gasteiger partial charge in [0.2, 0.25) is 0 Å². The molecule has 0 aliphatic rings. The first kappa shape index (κ1) is 14.9. The molecule has 21 heavy (non-hydrogen) atoms. The lowest BCUT2D eigenvalue weighted by Crippen LogP contribution is -2.14. The molecule has 0 bridgehead atoms. The number of rotatable bonds is 5. The summed E-state index contributed by atoms with van der Waals surface area (Å²) in [6.45, 7) is -0.145. The van der Waals surface area contributed by atoms with Gasteiger partial charge >= 0.3 is 0 Å². The van der Waals surface area contributed by atoms with E-state index in [0.717, 1.165) is 12.1 Å². The Balaban J connectivity index is 2.13. The van der Waals surface area contributed by atoms with Gasteiger partial charge in [0.1, 0.15) is 17.3 Å². The van der Waals surface area contributed by atoms with Crippen LogP contribution in [0.2, 0.25) is 0 Å². The van der Waals surface area contributed by atoms with Crippen LogP contribution in [-0.2, 0) is 0 Å². The molecule has 0 radical (unpaired) electrons. The molecule has 1 unspecified atom stereocenters. The highest BCUT2D eigenvalue weighted by Crippen LogP contribution is 2.26. The van der Waals surface area contributed by atoms with Gasteiger partial charge in [-0.3, -0.25) is 10.1 Å². The van der Waals surface area contributed by atoms with Crippen LogP contribution in [-0.4, -0.2) is 16.6 Å². The van der Waals surface area contributed by atoms with Crippen LogP contribution < -0.4 is 5.32 Å². The van der Waals surface area contributed by atoms with E-state index in [4.69, 9.17) is 0 Å². The fraction of sp³-hybridized carbons (Fsp3) is 0.143. The molecule has 2 rings (SSSR count). The Bertz CT molecular complexity index is 664. The lowest BCUT2D eigenvalue weighted by Gasteiger charge is -2.14. The van der Waals surface area contributed by atoms with Crippen molar-refractivity contribution in [1.29, 1.82) is 0 Å². The Labute approximate surface area is 119 Å². The van der Waals surface area contributed by atoms with Crippen LogP contribution in [0.1, 0.15) is 11.7 Å². The zero-order valence-corrected chi connectivity index (χ0v) is 10.8. The predicted octanol–water partition coefficient (Wildman–Crippen LogP) is 3.02. The highest BCUT2D eigenvalue weighted by molar-refractivity contribution is 5.61. The molecule has 0 aliphatic carbocycles. The van der Waals surface area contributed by atoms with Crippen molar-refractivity contribution in [2.45, 2.75) is 6.10 Å². The van der Waals surface area contributed by atoms with Gasteiger partial charge in [-0.05, 0) is 18.2 Å². The highest BCUT2D eigenvalue weighted by Gasteiger charge is 2.17. The summed E-state index contributed by atoms with van der Waals surface area (Å²) in [6, 6.07) is 8.72. The number of aliphatic hydroxyl groups is 1. The van der Waals surface area contributed by atoms with E-state index in [-0.39, 0.29) is 17.8 Å². The molecule has 0 aliphatic heterocycles. The zero-order valence-electron chi connectivity index (χ0n) is 10.8. The van der Waals surface area contributed by atoms with E-state index >= 15 is 0 Å². The second-order valence-electron chi connectivity index (χ2n) is 4.34. The van der Waals surface area contributed by atoms with Gasteiger partial charge in [-0.1, -0.05) is 18.2 Å². The Kier molecular flexibility index (Phi) is 4.44. The molecule has 2 aromatic rings. The summed E-state index contributed by atoms with van der Waals surface area (Å²) in [7, 11) is 0. The maximum Gasteiger partial charge on any atom is 0.295 e. The molecule has 0 spiro atoms. The van der Waals surface area contributed by atoms with Gasteiger partial charge in [-0.2, -0.15) is 0 Å². The van der Waals surface area contributed by atoms with Crippen molar-refractivity contribution < 1.29 is 18.8 Å². The molecule has 110 valence electrons. The van der Waals surface area contributed by atoms with Gasteiger partial charge in [-0.25, -0.2) is 8.78 Å². The molecule has 0 saturated heterocycles. The number of anilines is 1. The average Bonchev–Trinajstić information content (AvgIpc) is 2.46. The molecule has 7 heteroatoms. The number of nitro benzene ring substituents is 1. The minimum atomic E-state index is -1.18. The third-order valence-electron chi connectivity index (χ3n) is 2.91. The number of halogens is 2. The number of aliphatic hydroxyl groups excluding tert-OH is 1. The van der Waals surface area contributed by atoms with Gasteiger partial charge in [0.15, 0.2) is 0 Å². The zero-order chi connectivity index (χ0) is 15.4. The smallest absolute Gasteiger partial charge is 0.295 e. The number of benzene rings is 2. The fourth-order valence-corrected chi connectivity index (χ4v) is 1.87. The third-order valence-corrected chi connectivity index (χ3v) is 2.91. The van der Waals surface area contributed by atoms with E-state index in [9.17, 15) is 24.0 Å². The van der Waals surface area contributed by atoms with Gasteiger partial charge < -0.3 is 10.4 Å². The van der Waals surface area contributed by atoms with E-state index < -0.39 is 28.3 Å². The number of hydrogen-bond acceptors (Lipinski definition) is 4. The Morgan fingerprint density at radius 3 is 2.62 bits per heavy atom. The van der Waals surface area contributed by atoms with E-state index in [1.165, 1.54) is 24.3 Å². The van der Waals surface area contributed by atoms with Crippen LogP contribution >= 0.6 is 0 Å². The number of hydrogen-bond donors (Lipinski definition) is 2. The van der Waals surface area contributed by atoms with Crippen LogP contribution in [0.5, 0.6) is 0 Å². The monoisotopic (exact) mass is 294 g/mol. The Morgan fingerprint density at radius 2 is 1.95 bits per heavy atom. The van der Waals surface area contributed by atoms with Crippen molar-refractivity contribution >= 4 is 11.4 Å². The van der Waals surface area contributed by atoms with Gasteiger partial charge in [0.25, 0.3) is 5.69 Å². The first-order chi connectivity index (χ1) is 9.99. The minimum Gasteiger partial charge on any atom is -0.386 e. The molecule has 1 atom stereocenters. The van der Waals surface area contributed by atoms with Crippen molar-refractivity contribution in [3.8, 4) is 0 Å². The minimum absolute atomic E-state index is 0.0526. The standard InChI is InChI=1S/C14H12F2N2O3/c15-9-5-6-12(13(7-9)18(20)21)17-8-14(19)10-3-1-2-4-11(10)16/h1-7,14,17,19H,8H2. The third kappa shape index (κ3) is 3.51. The van der Waals surface area contributed by atoms with Gasteiger partial charge in [-0.15, -0.1) is 0 Å². The summed E-state index contributed by atoms with van der Waals surface area (Å²) in [5.41, 5.74) is -0.317. The van der Waals surface area contributed by atoms with Gasteiger partial charge in [0.05, 0.1) is 17.1 Å². The second-order valence-corrected chi connectivity index (χ2v) is 4.34. The fourth-order valence-electron chi connectivity index (χ4n) is 1.87. The van der Waals surface area contributed by atoms with Crippen molar-refractivity contribution in [2.24, 2.45) is 0 Å². The lowest BCUT2D eigenvalue weighted by atomic mass is 10.1. The molecule has 0 amide bonds. The van der Waals surface area contributed by atoms with Gasteiger partial charge in [0, 0.05) is 12.1 Å². The Hall–Kier alpha value is -2.54. The van der Waals surface area contributed by atoms with Crippen molar-refractivity contribution in [1.82, 2.24) is 0 Å². The molecule has 0 aromatic heterocycles. The largest absolute Gasteiger partial charge is 0.386 e. The molecule has 0 heterocycles. The molecular formula is C14H12F2N2O3. The average molecular weight is 294 g/mol. The highest BCUT2D eigenvalue weighted by atomic mass is 19.1. The van der Waals surface area contributed by atoms with Crippen LogP contribution in [0.15, 0.2) is 42.5 Å². The number of nitro groups is 1. The summed E-state index contributed by atoms with van der Waals surface area (Å²) < 4.78 is 26.5. The topological polar surface area (TPSA) is 75.4 Å². The summed E-state index contributed by atoms with van der Waals surface area (Å²) in [5.74, 6) is -1.30. The molecule has 2 aromatic carbocycles. The lowest BCUT2D eigenvalue weighted by molar-refractivity contribution is -0.384. The first-order valence-corrected chi connectivity index (χ1v) is 6.09. The summed E-state index contributed by atoms with van der Waals surface area (Å²) in [5, 5.41) is 23.3. The van der Waals surface area contributed by atoms with Crippen LogP contribution in [0.3, 0.4) is 0 Å². The Morgan fingerprint density at radius 1 is 1.24 bits per heavy atom. The number of nitrogens with one attached hydrogen (secondary N) is 1. The number of nitrogens with zero attached hydrogens (tertiary/aromatic N) is 1. The van der Waals surface area contributed by atoms with Crippen molar-refractivity contribution in [3.63, 3.8) is 0 Å². The maximum atomic E-state index is 13.5. The molecule has 0 fully saturated rings. The van der Waals surface area contributed by atoms with Crippen molar-refractivity contribution in [2.75, 3.05) is 11.9 Å². The van der Waals surface area contributed by atoms with E-state index in [1.54, 1.807) is 6.07 Å². The molecule has 2 N–H and O–H groups in total. The normalized spacial score (nSPS) is 12.0. The maximum absolute atomic E-state index is 13.5. The second kappa shape index (κ2) is 6.27. The van der Waals surface area contributed by atoms with Crippen LogP contribution in [0, 0.1) is 21.7 Å².